The van der Waals surface area contributed by atoms with Gasteiger partial charge in [-0.25, -0.2) is 0 Å². The highest BCUT2D eigenvalue weighted by Crippen LogP contribution is 2.29. The second-order valence-electron chi connectivity index (χ2n) is 4.51. The lowest BCUT2D eigenvalue weighted by atomic mass is 10.0. The van der Waals surface area contributed by atoms with Crippen molar-refractivity contribution in [1.29, 1.82) is 0 Å². The van der Waals surface area contributed by atoms with Crippen LogP contribution in [0.5, 0.6) is 0 Å². The van der Waals surface area contributed by atoms with Gasteiger partial charge in [-0.3, -0.25) is 9.69 Å². The van der Waals surface area contributed by atoms with Gasteiger partial charge in [0, 0.05) is 23.6 Å². The van der Waals surface area contributed by atoms with Crippen LogP contribution < -0.4 is 0 Å². The van der Waals surface area contributed by atoms with E-state index in [9.17, 15) is 18.0 Å². The number of benzene rings is 1. The van der Waals surface area contributed by atoms with E-state index in [1.807, 2.05) is 11.9 Å². The Bertz CT molecular complexity index is 458. The molecule has 1 saturated heterocycles. The highest BCUT2D eigenvalue weighted by molar-refractivity contribution is 7.99. The predicted octanol–water partition coefficient (Wildman–Crippen LogP) is 2.94. The Labute approximate surface area is 114 Å². The largest absolute Gasteiger partial charge is 0.416 e. The maximum Gasteiger partial charge on any atom is 0.416 e. The van der Waals surface area contributed by atoms with Gasteiger partial charge < -0.3 is 0 Å². The second-order valence-corrected chi connectivity index (χ2v) is 5.66. The molecule has 1 fully saturated rings. The number of thioether (sulfide) groups is 1. The predicted molar refractivity (Wildman–Crippen MR) is 69.5 cm³/mol. The summed E-state index contributed by atoms with van der Waals surface area (Å²) in [5.41, 5.74) is -0.386. The molecule has 0 radical (unpaired) electrons. The topological polar surface area (TPSA) is 20.3 Å². The quantitative estimate of drug-likeness (QED) is 0.781. The van der Waals surface area contributed by atoms with Gasteiger partial charge in [-0.05, 0) is 19.2 Å². The number of ketones is 1. The Hall–Kier alpha value is -1.01. The van der Waals surface area contributed by atoms with E-state index in [2.05, 4.69) is 0 Å². The van der Waals surface area contributed by atoms with Gasteiger partial charge in [0.2, 0.25) is 0 Å². The zero-order valence-electron chi connectivity index (χ0n) is 10.4. The minimum Gasteiger partial charge on any atom is -0.295 e. The van der Waals surface area contributed by atoms with E-state index in [0.29, 0.717) is 11.3 Å². The summed E-state index contributed by atoms with van der Waals surface area (Å²) in [7, 11) is 1.87. The summed E-state index contributed by atoms with van der Waals surface area (Å²) in [5.74, 6) is 1.56. The normalized spacial score (nSPS) is 21.4. The molecule has 0 saturated carbocycles. The molecule has 1 aliphatic rings. The van der Waals surface area contributed by atoms with Crippen LogP contribution in [0.25, 0.3) is 0 Å². The fourth-order valence-corrected chi connectivity index (χ4v) is 3.19. The van der Waals surface area contributed by atoms with Crippen molar-refractivity contribution in [2.45, 2.75) is 12.2 Å². The molecule has 1 unspecified atom stereocenters. The first-order valence-corrected chi connectivity index (χ1v) is 7.04. The molecular weight excluding hydrogens is 275 g/mol. The van der Waals surface area contributed by atoms with Gasteiger partial charge in [0.1, 0.15) is 0 Å². The second kappa shape index (κ2) is 5.54. The first-order valence-electron chi connectivity index (χ1n) is 5.89. The minimum atomic E-state index is -4.36. The van der Waals surface area contributed by atoms with Gasteiger partial charge in [-0.1, -0.05) is 12.1 Å². The van der Waals surface area contributed by atoms with Crippen molar-refractivity contribution in [3.8, 4) is 0 Å². The Morgan fingerprint density at radius 2 is 1.95 bits per heavy atom. The Kier molecular flexibility index (Phi) is 4.20. The van der Waals surface area contributed by atoms with E-state index in [4.69, 9.17) is 0 Å². The number of nitrogens with zero attached hydrogens (tertiary/aromatic N) is 1. The third kappa shape index (κ3) is 3.30. The molecule has 19 heavy (non-hydrogen) atoms. The summed E-state index contributed by atoms with van der Waals surface area (Å²) in [5, 5.41) is 0. The number of alkyl halides is 3. The highest BCUT2D eigenvalue weighted by atomic mass is 32.2. The molecular formula is C13H14F3NOS. The molecule has 1 heterocycles. The van der Waals surface area contributed by atoms with E-state index < -0.39 is 11.7 Å². The van der Waals surface area contributed by atoms with Crippen molar-refractivity contribution >= 4 is 17.5 Å². The van der Waals surface area contributed by atoms with Crippen molar-refractivity contribution in [1.82, 2.24) is 4.90 Å². The average Bonchev–Trinajstić information content (AvgIpc) is 2.38. The SMILES string of the molecule is CN1CCSCC1C(=O)c1ccc(C(F)(F)F)cc1. The molecule has 0 N–H and O–H groups in total. The van der Waals surface area contributed by atoms with Crippen LogP contribution in [0, 0.1) is 0 Å². The van der Waals surface area contributed by atoms with Crippen molar-refractivity contribution in [3.05, 3.63) is 35.4 Å². The molecule has 0 aliphatic carbocycles. The third-order valence-electron chi connectivity index (χ3n) is 3.20. The molecule has 1 aromatic rings. The molecule has 0 spiro atoms. The molecule has 0 bridgehead atoms. The fourth-order valence-electron chi connectivity index (χ4n) is 1.98. The number of likely N-dealkylation sites (N-methyl/N-ethyl adjacent to an activating group) is 1. The summed E-state index contributed by atoms with van der Waals surface area (Å²) in [6.45, 7) is 0.821. The first kappa shape index (κ1) is 14.4. The number of hydrogen-bond donors (Lipinski definition) is 0. The molecule has 1 aliphatic heterocycles. The van der Waals surface area contributed by atoms with Crippen molar-refractivity contribution < 1.29 is 18.0 Å². The van der Waals surface area contributed by atoms with Gasteiger partial charge in [0.05, 0.1) is 11.6 Å². The number of halogens is 3. The van der Waals surface area contributed by atoms with Crippen molar-refractivity contribution in [2.24, 2.45) is 0 Å². The van der Waals surface area contributed by atoms with Crippen LogP contribution in [0.15, 0.2) is 24.3 Å². The lowest BCUT2D eigenvalue weighted by Crippen LogP contribution is -2.44. The average molecular weight is 289 g/mol. The van der Waals surface area contributed by atoms with Crippen LogP contribution in [0.4, 0.5) is 13.2 Å². The summed E-state index contributed by atoms with van der Waals surface area (Å²) < 4.78 is 37.3. The number of Topliss-reactive ketones (excluding diaryl/α,β-unsaturated/α-hetero) is 1. The monoisotopic (exact) mass is 289 g/mol. The van der Waals surface area contributed by atoms with Crippen LogP contribution in [0.2, 0.25) is 0 Å². The molecule has 0 amide bonds. The Morgan fingerprint density at radius 1 is 1.32 bits per heavy atom. The van der Waals surface area contributed by atoms with E-state index >= 15 is 0 Å². The van der Waals surface area contributed by atoms with E-state index in [-0.39, 0.29) is 11.8 Å². The summed E-state index contributed by atoms with van der Waals surface area (Å²) >= 11 is 1.69. The number of carbonyl (C=O) groups is 1. The lowest BCUT2D eigenvalue weighted by molar-refractivity contribution is -0.137. The summed E-state index contributed by atoms with van der Waals surface area (Å²) in [6, 6.07) is 4.21. The van der Waals surface area contributed by atoms with Crippen LogP contribution in [-0.2, 0) is 6.18 Å². The molecule has 1 aromatic carbocycles. The Balaban J connectivity index is 2.15. The molecule has 1 atom stereocenters. The lowest BCUT2D eigenvalue weighted by Gasteiger charge is -2.30. The van der Waals surface area contributed by atoms with Crippen LogP contribution in [0.1, 0.15) is 15.9 Å². The zero-order chi connectivity index (χ0) is 14.0. The molecule has 2 rings (SSSR count). The van der Waals surface area contributed by atoms with Gasteiger partial charge in [-0.15, -0.1) is 0 Å². The van der Waals surface area contributed by atoms with Gasteiger partial charge in [0.15, 0.2) is 5.78 Å². The standard InChI is InChI=1S/C13H14F3NOS/c1-17-6-7-19-8-11(17)12(18)9-2-4-10(5-3-9)13(14,15)16/h2-5,11H,6-8H2,1H3. The number of rotatable bonds is 2. The summed E-state index contributed by atoms with van der Waals surface area (Å²) in [6.07, 6.45) is -4.36. The first-order chi connectivity index (χ1) is 8.89. The van der Waals surface area contributed by atoms with Gasteiger partial charge in [0.25, 0.3) is 0 Å². The molecule has 2 nitrogen and oxygen atoms in total. The van der Waals surface area contributed by atoms with Crippen LogP contribution in [0.3, 0.4) is 0 Å². The van der Waals surface area contributed by atoms with E-state index in [1.54, 1.807) is 11.8 Å². The highest BCUT2D eigenvalue weighted by Gasteiger charge is 2.31. The van der Waals surface area contributed by atoms with E-state index in [0.717, 1.165) is 24.4 Å². The Morgan fingerprint density at radius 3 is 2.47 bits per heavy atom. The van der Waals surface area contributed by atoms with Gasteiger partial charge >= 0.3 is 6.18 Å². The molecule has 0 aromatic heterocycles. The fraction of sp³-hybridized carbons (Fsp3) is 0.462. The van der Waals surface area contributed by atoms with Crippen molar-refractivity contribution in [3.63, 3.8) is 0 Å². The summed E-state index contributed by atoms with van der Waals surface area (Å²) in [4.78, 5) is 14.2. The van der Waals surface area contributed by atoms with E-state index in [1.165, 1.54) is 12.1 Å². The zero-order valence-corrected chi connectivity index (χ0v) is 11.2. The maximum absolute atomic E-state index is 12.4. The van der Waals surface area contributed by atoms with Gasteiger partial charge in [-0.2, -0.15) is 24.9 Å². The maximum atomic E-state index is 12.4. The van der Waals surface area contributed by atoms with Crippen molar-refractivity contribution in [2.75, 3.05) is 25.1 Å². The minimum absolute atomic E-state index is 0.108. The molecule has 6 heteroatoms. The molecule has 104 valence electrons. The number of carbonyl (C=O) groups excluding carboxylic acids is 1. The van der Waals surface area contributed by atoms with Crippen LogP contribution in [-0.4, -0.2) is 41.8 Å². The van der Waals surface area contributed by atoms with Crippen LogP contribution >= 0.6 is 11.8 Å². The smallest absolute Gasteiger partial charge is 0.295 e. The third-order valence-corrected chi connectivity index (χ3v) is 4.22. The number of hydrogen-bond acceptors (Lipinski definition) is 3.